The monoisotopic (exact) mass is 551 g/mol. The second kappa shape index (κ2) is 10.8. The first kappa shape index (κ1) is 26.1. The molecule has 0 amide bonds. The number of halogens is 3. The second-order valence-corrected chi connectivity index (χ2v) is 9.64. The molecule has 0 bridgehead atoms. The number of aromatic nitrogens is 2. The largest absolute Gasteiger partial charge is 0.454 e. The fourth-order valence-electron chi connectivity index (χ4n) is 5.07. The molecule has 0 aliphatic carbocycles. The number of hydrogen-bond donors (Lipinski definition) is 1. The summed E-state index contributed by atoms with van der Waals surface area (Å²) in [6, 6.07) is 19.6. The zero-order valence-electron chi connectivity index (χ0n) is 21.8. The second-order valence-electron chi connectivity index (χ2n) is 9.64. The summed E-state index contributed by atoms with van der Waals surface area (Å²) in [6.07, 6.45) is -3.07. The molecule has 1 aromatic heterocycles. The highest BCUT2D eigenvalue weighted by molar-refractivity contribution is 5.57. The number of hydrogen-bond acceptors (Lipinski definition) is 6. The molecule has 7 nitrogen and oxygen atoms in total. The molecule has 3 aromatic carbocycles. The Morgan fingerprint density at radius 1 is 0.850 bits per heavy atom. The number of benzene rings is 3. The van der Waals surface area contributed by atoms with Gasteiger partial charge in [0.15, 0.2) is 28.7 Å². The van der Waals surface area contributed by atoms with E-state index in [1.807, 2.05) is 37.3 Å². The fraction of sp³-hybridized carbons (Fsp3) is 0.300. The molecule has 4 aromatic rings. The van der Waals surface area contributed by atoms with Crippen molar-refractivity contribution in [2.45, 2.75) is 45.1 Å². The van der Waals surface area contributed by atoms with E-state index in [9.17, 15) is 13.2 Å². The lowest BCUT2D eigenvalue weighted by Gasteiger charge is -2.22. The number of ether oxygens (including phenoxy) is 4. The van der Waals surface area contributed by atoms with Crippen molar-refractivity contribution in [3.05, 3.63) is 89.2 Å². The van der Waals surface area contributed by atoms with Gasteiger partial charge in [-0.3, -0.25) is 0 Å². The summed E-state index contributed by atoms with van der Waals surface area (Å²) in [5, 5.41) is 3.39. The zero-order chi connectivity index (χ0) is 27.7. The number of unbranched alkanes of at least 4 members (excludes halogenated alkanes) is 1. The molecule has 208 valence electrons. The third-order valence-corrected chi connectivity index (χ3v) is 7.04. The average Bonchev–Trinajstić information content (AvgIpc) is 3.70. The molecule has 0 atom stereocenters. The van der Waals surface area contributed by atoms with Gasteiger partial charge in [0.2, 0.25) is 13.6 Å². The van der Waals surface area contributed by atoms with E-state index < -0.39 is 17.9 Å². The predicted octanol–water partition coefficient (Wildman–Crippen LogP) is 6.71. The van der Waals surface area contributed by atoms with Crippen LogP contribution in [-0.2, 0) is 19.3 Å². The summed E-state index contributed by atoms with van der Waals surface area (Å²) < 4.78 is 67.0. The minimum absolute atomic E-state index is 0.0774. The highest BCUT2D eigenvalue weighted by Crippen LogP contribution is 2.40. The molecule has 0 saturated carbocycles. The molecule has 1 N–H and O–H groups in total. The van der Waals surface area contributed by atoms with E-state index in [2.05, 4.69) is 10.3 Å². The average molecular weight is 552 g/mol. The van der Waals surface area contributed by atoms with Crippen molar-refractivity contribution in [2.75, 3.05) is 13.6 Å². The summed E-state index contributed by atoms with van der Waals surface area (Å²) in [5.41, 5.74) is 1.45. The van der Waals surface area contributed by atoms with Crippen LogP contribution < -0.4 is 24.3 Å². The van der Waals surface area contributed by atoms with E-state index in [-0.39, 0.29) is 25.8 Å². The first-order valence-corrected chi connectivity index (χ1v) is 13.2. The van der Waals surface area contributed by atoms with Crippen LogP contribution in [0, 0.1) is 0 Å². The van der Waals surface area contributed by atoms with Gasteiger partial charge in [-0.1, -0.05) is 55.8 Å². The minimum atomic E-state index is -4.62. The van der Waals surface area contributed by atoms with Crippen LogP contribution in [0.3, 0.4) is 0 Å². The van der Waals surface area contributed by atoms with Crippen LogP contribution in [0.4, 0.5) is 13.2 Å². The highest BCUT2D eigenvalue weighted by atomic mass is 19.4. The maximum atomic E-state index is 14.4. The van der Waals surface area contributed by atoms with Gasteiger partial charge in [0.1, 0.15) is 5.82 Å². The number of fused-ring (bicyclic) bond motifs is 2. The summed E-state index contributed by atoms with van der Waals surface area (Å²) in [7, 11) is 0. The summed E-state index contributed by atoms with van der Waals surface area (Å²) in [6.45, 7) is 2.59. The van der Waals surface area contributed by atoms with E-state index >= 15 is 0 Å². The maximum Gasteiger partial charge on any atom is 0.435 e. The van der Waals surface area contributed by atoms with Crippen LogP contribution in [0.2, 0.25) is 0 Å². The Kier molecular flexibility index (Phi) is 7.02. The van der Waals surface area contributed by atoms with E-state index in [4.69, 9.17) is 18.9 Å². The van der Waals surface area contributed by atoms with Gasteiger partial charge in [-0.2, -0.15) is 13.2 Å². The molecule has 0 unspecified atom stereocenters. The van der Waals surface area contributed by atoms with Gasteiger partial charge in [-0.15, -0.1) is 0 Å². The molecule has 0 spiro atoms. The Labute approximate surface area is 229 Å². The molecular weight excluding hydrogens is 523 g/mol. The summed E-state index contributed by atoms with van der Waals surface area (Å²) in [5.74, 6) is 2.72. The van der Waals surface area contributed by atoms with E-state index in [1.54, 1.807) is 41.0 Å². The molecule has 0 radical (unpaired) electrons. The highest BCUT2D eigenvalue weighted by Gasteiger charge is 2.39. The molecule has 2 aliphatic heterocycles. The number of nitrogens with zero attached hydrogens (tertiary/aromatic N) is 2. The van der Waals surface area contributed by atoms with Gasteiger partial charge in [0.05, 0.1) is 11.7 Å². The smallest absolute Gasteiger partial charge is 0.435 e. The Hall–Kier alpha value is -4.18. The fourth-order valence-corrected chi connectivity index (χ4v) is 5.07. The maximum absolute atomic E-state index is 14.4. The Bertz CT molecular complexity index is 1450. The zero-order valence-corrected chi connectivity index (χ0v) is 21.8. The van der Waals surface area contributed by atoms with Crippen LogP contribution in [0.25, 0.3) is 11.4 Å². The topological polar surface area (TPSA) is 66.8 Å². The third kappa shape index (κ3) is 5.06. The van der Waals surface area contributed by atoms with E-state index in [0.717, 1.165) is 17.5 Å². The molecular formula is C30H28F3N3O4. The molecule has 2 aliphatic rings. The lowest BCUT2D eigenvalue weighted by atomic mass is 9.97. The lowest BCUT2D eigenvalue weighted by Crippen LogP contribution is -2.25. The number of imidazole rings is 1. The van der Waals surface area contributed by atoms with Crippen LogP contribution in [-0.4, -0.2) is 23.1 Å². The van der Waals surface area contributed by atoms with Crippen LogP contribution in [0.1, 0.15) is 48.3 Å². The number of rotatable bonds is 9. The first-order chi connectivity index (χ1) is 19.4. The van der Waals surface area contributed by atoms with Crippen molar-refractivity contribution < 1.29 is 32.1 Å². The SMILES string of the molecule is CCCCn1c(-c2ccccc2)nc(C(F)(F)F)c1CNC(c1ccc2c(c1)OCO2)c1ccc2c(c1)OCO2. The molecule has 6 rings (SSSR count). The van der Waals surface area contributed by atoms with Crippen molar-refractivity contribution in [3.63, 3.8) is 0 Å². The molecule has 3 heterocycles. The standard InChI is InChI=1S/C30H28F3N3O4/c1-2-3-13-36-22(28(30(31,32)33)35-29(36)19-7-5-4-6-8-19)16-34-27(20-9-11-23-25(14-20)39-17-37-23)21-10-12-24-26(15-21)40-18-38-24/h4-12,14-15,27,34H,2-3,13,16-18H2,1H3. The summed E-state index contributed by atoms with van der Waals surface area (Å²) >= 11 is 0. The Balaban J connectivity index is 1.41. The van der Waals surface area contributed by atoms with Crippen molar-refractivity contribution >= 4 is 0 Å². The molecule has 0 saturated heterocycles. The third-order valence-electron chi connectivity index (χ3n) is 7.04. The minimum Gasteiger partial charge on any atom is -0.454 e. The first-order valence-electron chi connectivity index (χ1n) is 13.2. The normalized spacial score (nSPS) is 13.8. The van der Waals surface area contributed by atoms with Gasteiger partial charge >= 0.3 is 6.18 Å². The predicted molar refractivity (Wildman–Crippen MR) is 141 cm³/mol. The number of alkyl halides is 3. The quantitative estimate of drug-likeness (QED) is 0.250. The van der Waals surface area contributed by atoms with Crippen molar-refractivity contribution in [1.29, 1.82) is 0 Å². The van der Waals surface area contributed by atoms with E-state index in [1.165, 1.54) is 0 Å². The van der Waals surface area contributed by atoms with Gasteiger partial charge in [0.25, 0.3) is 0 Å². The van der Waals surface area contributed by atoms with Crippen LogP contribution in [0.15, 0.2) is 66.7 Å². The Morgan fingerprint density at radius 3 is 2.02 bits per heavy atom. The van der Waals surface area contributed by atoms with Crippen LogP contribution >= 0.6 is 0 Å². The van der Waals surface area contributed by atoms with Crippen molar-refractivity contribution in [1.82, 2.24) is 14.9 Å². The molecule has 0 fully saturated rings. The van der Waals surface area contributed by atoms with Gasteiger partial charge in [-0.05, 0) is 41.8 Å². The van der Waals surface area contributed by atoms with Gasteiger partial charge in [-0.25, -0.2) is 4.98 Å². The van der Waals surface area contributed by atoms with Crippen molar-refractivity contribution in [3.8, 4) is 34.4 Å². The van der Waals surface area contributed by atoms with Crippen molar-refractivity contribution in [2.24, 2.45) is 0 Å². The summed E-state index contributed by atoms with van der Waals surface area (Å²) in [4.78, 5) is 4.15. The van der Waals surface area contributed by atoms with E-state index in [0.29, 0.717) is 47.4 Å². The van der Waals surface area contributed by atoms with Gasteiger partial charge in [0, 0.05) is 18.7 Å². The van der Waals surface area contributed by atoms with Gasteiger partial charge < -0.3 is 28.8 Å². The molecule has 40 heavy (non-hydrogen) atoms. The Morgan fingerprint density at radius 2 is 1.45 bits per heavy atom. The van der Waals surface area contributed by atoms with Crippen LogP contribution in [0.5, 0.6) is 23.0 Å². The lowest BCUT2D eigenvalue weighted by molar-refractivity contribution is -0.141. The molecule has 10 heteroatoms. The number of nitrogens with one attached hydrogen (secondary N) is 1.